The first-order valence-electron chi connectivity index (χ1n) is 12.6. The standard InChI is InChI=1S/C28H33FN6O2/c1-19(36)30-13-14-31-27-18-25(32-28(33-27)23-6-4-3-5-7-23)26-17-22(12-15-35(26)34-20(2)37)16-21-8-10-24(29)11-9-21/h3-11,18,22,26H,12-17H2,1-2H3,(H,30,36)(H,34,37)(H,31,32,33). The molecule has 1 aliphatic rings. The Bertz CT molecular complexity index is 1210. The average molecular weight is 505 g/mol. The van der Waals surface area contributed by atoms with Crippen molar-refractivity contribution in [2.75, 3.05) is 25.0 Å². The molecule has 0 spiro atoms. The van der Waals surface area contributed by atoms with E-state index in [1.165, 1.54) is 26.0 Å². The lowest BCUT2D eigenvalue weighted by molar-refractivity contribution is -0.126. The summed E-state index contributed by atoms with van der Waals surface area (Å²) in [6.07, 6.45) is 2.49. The number of hydrogen-bond acceptors (Lipinski definition) is 6. The second-order valence-electron chi connectivity index (χ2n) is 9.38. The number of nitrogens with one attached hydrogen (secondary N) is 3. The largest absolute Gasteiger partial charge is 0.368 e. The van der Waals surface area contributed by atoms with Gasteiger partial charge in [0, 0.05) is 45.1 Å². The molecular weight excluding hydrogens is 471 g/mol. The quantitative estimate of drug-likeness (QED) is 0.383. The molecule has 1 saturated heterocycles. The van der Waals surface area contributed by atoms with Crippen molar-refractivity contribution in [3.05, 3.63) is 77.7 Å². The highest BCUT2D eigenvalue weighted by atomic mass is 19.1. The van der Waals surface area contributed by atoms with Crippen LogP contribution >= 0.6 is 0 Å². The van der Waals surface area contributed by atoms with Gasteiger partial charge in [-0.25, -0.2) is 19.4 Å². The number of hydrazine groups is 1. The summed E-state index contributed by atoms with van der Waals surface area (Å²) < 4.78 is 13.4. The van der Waals surface area contributed by atoms with Crippen LogP contribution in [0.4, 0.5) is 10.2 Å². The summed E-state index contributed by atoms with van der Waals surface area (Å²) >= 11 is 0. The molecule has 3 aromatic rings. The number of piperidine rings is 1. The van der Waals surface area contributed by atoms with E-state index < -0.39 is 0 Å². The zero-order valence-electron chi connectivity index (χ0n) is 21.2. The molecule has 2 atom stereocenters. The minimum atomic E-state index is -0.241. The van der Waals surface area contributed by atoms with E-state index in [9.17, 15) is 14.0 Å². The summed E-state index contributed by atoms with van der Waals surface area (Å²) in [5.74, 6) is 1.12. The van der Waals surface area contributed by atoms with Gasteiger partial charge in [0.1, 0.15) is 11.6 Å². The minimum absolute atomic E-state index is 0.0875. The molecule has 0 aliphatic carbocycles. The normalized spacial score (nSPS) is 17.7. The van der Waals surface area contributed by atoms with Gasteiger partial charge < -0.3 is 10.6 Å². The number of hydrogen-bond donors (Lipinski definition) is 3. The third kappa shape index (κ3) is 7.57. The number of anilines is 1. The smallest absolute Gasteiger partial charge is 0.231 e. The highest BCUT2D eigenvalue weighted by Crippen LogP contribution is 2.35. The van der Waals surface area contributed by atoms with E-state index in [1.54, 1.807) is 0 Å². The number of aromatic nitrogens is 2. The van der Waals surface area contributed by atoms with Crippen LogP contribution in [0.3, 0.4) is 0 Å². The van der Waals surface area contributed by atoms with Gasteiger partial charge in [0.15, 0.2) is 5.82 Å². The fourth-order valence-electron chi connectivity index (χ4n) is 4.67. The second kappa shape index (κ2) is 12.4. The summed E-state index contributed by atoms with van der Waals surface area (Å²) in [4.78, 5) is 32.9. The van der Waals surface area contributed by atoms with Crippen LogP contribution in [0.25, 0.3) is 11.4 Å². The number of benzene rings is 2. The monoisotopic (exact) mass is 504 g/mol. The van der Waals surface area contributed by atoms with Gasteiger partial charge in [-0.05, 0) is 42.9 Å². The van der Waals surface area contributed by atoms with Crippen LogP contribution in [0.2, 0.25) is 0 Å². The van der Waals surface area contributed by atoms with Crippen molar-refractivity contribution in [3.8, 4) is 11.4 Å². The van der Waals surface area contributed by atoms with Gasteiger partial charge in [0.25, 0.3) is 0 Å². The van der Waals surface area contributed by atoms with Crippen molar-refractivity contribution in [3.63, 3.8) is 0 Å². The topological polar surface area (TPSA) is 99.2 Å². The predicted molar refractivity (Wildman–Crippen MR) is 141 cm³/mol. The Kier molecular flexibility index (Phi) is 8.79. The Hall–Kier alpha value is -3.85. The predicted octanol–water partition coefficient (Wildman–Crippen LogP) is 3.88. The van der Waals surface area contributed by atoms with Gasteiger partial charge >= 0.3 is 0 Å². The number of rotatable bonds is 9. The van der Waals surface area contributed by atoms with Crippen LogP contribution in [0, 0.1) is 11.7 Å². The third-order valence-corrected chi connectivity index (χ3v) is 6.37. The van der Waals surface area contributed by atoms with Crippen molar-refractivity contribution in [2.24, 2.45) is 5.92 Å². The van der Waals surface area contributed by atoms with Gasteiger partial charge in [0.2, 0.25) is 11.8 Å². The van der Waals surface area contributed by atoms with Crippen LogP contribution in [-0.2, 0) is 16.0 Å². The van der Waals surface area contributed by atoms with E-state index in [2.05, 4.69) is 16.1 Å². The molecule has 194 valence electrons. The first-order valence-corrected chi connectivity index (χ1v) is 12.6. The highest BCUT2D eigenvalue weighted by molar-refractivity contribution is 5.73. The van der Waals surface area contributed by atoms with E-state index in [-0.39, 0.29) is 23.7 Å². The number of carbonyl (C=O) groups excluding carboxylic acids is 2. The molecule has 2 heterocycles. The average Bonchev–Trinajstić information content (AvgIpc) is 2.89. The van der Waals surface area contributed by atoms with Crippen molar-refractivity contribution < 1.29 is 14.0 Å². The van der Waals surface area contributed by atoms with Gasteiger partial charge in [0.05, 0.1) is 11.7 Å². The highest BCUT2D eigenvalue weighted by Gasteiger charge is 2.32. The summed E-state index contributed by atoms with van der Waals surface area (Å²) in [6.45, 7) is 4.64. The van der Waals surface area contributed by atoms with Crippen molar-refractivity contribution in [1.82, 2.24) is 25.7 Å². The van der Waals surface area contributed by atoms with Gasteiger partial charge in [-0.15, -0.1) is 0 Å². The maximum absolute atomic E-state index is 13.4. The van der Waals surface area contributed by atoms with Crippen molar-refractivity contribution in [2.45, 2.75) is 39.2 Å². The lowest BCUT2D eigenvalue weighted by atomic mass is 9.85. The Morgan fingerprint density at radius 2 is 1.76 bits per heavy atom. The molecule has 1 aromatic heterocycles. The van der Waals surface area contributed by atoms with Gasteiger partial charge in [-0.3, -0.25) is 15.0 Å². The summed E-state index contributed by atoms with van der Waals surface area (Å²) in [7, 11) is 0. The number of nitrogens with zero attached hydrogens (tertiary/aromatic N) is 3. The molecule has 0 radical (unpaired) electrons. The Morgan fingerprint density at radius 1 is 1.00 bits per heavy atom. The maximum Gasteiger partial charge on any atom is 0.231 e. The zero-order chi connectivity index (χ0) is 26.2. The SMILES string of the molecule is CC(=O)NCCNc1cc(C2CC(Cc3ccc(F)cc3)CCN2NC(C)=O)nc(-c2ccccc2)n1. The molecule has 3 N–H and O–H groups in total. The van der Waals surface area contributed by atoms with Crippen LogP contribution in [0.5, 0.6) is 0 Å². The zero-order valence-corrected chi connectivity index (χ0v) is 21.2. The lowest BCUT2D eigenvalue weighted by Gasteiger charge is -2.39. The molecule has 0 saturated carbocycles. The molecule has 1 aliphatic heterocycles. The third-order valence-electron chi connectivity index (χ3n) is 6.37. The van der Waals surface area contributed by atoms with E-state index >= 15 is 0 Å². The summed E-state index contributed by atoms with van der Waals surface area (Å²) in [5, 5.41) is 8.03. The van der Waals surface area contributed by atoms with Crippen LogP contribution in [0.1, 0.15) is 44.0 Å². The Labute approximate surface area is 216 Å². The molecule has 8 nitrogen and oxygen atoms in total. The Morgan fingerprint density at radius 3 is 2.46 bits per heavy atom. The molecule has 2 unspecified atom stereocenters. The first-order chi connectivity index (χ1) is 17.9. The van der Waals surface area contributed by atoms with E-state index in [4.69, 9.17) is 9.97 Å². The molecular formula is C28H33FN6O2. The first kappa shape index (κ1) is 26.2. The molecule has 37 heavy (non-hydrogen) atoms. The van der Waals surface area contributed by atoms with E-state index in [0.29, 0.717) is 37.2 Å². The van der Waals surface area contributed by atoms with Crippen LogP contribution in [0.15, 0.2) is 60.7 Å². The minimum Gasteiger partial charge on any atom is -0.368 e. The number of amides is 2. The van der Waals surface area contributed by atoms with Crippen LogP contribution < -0.4 is 16.1 Å². The molecule has 2 aromatic carbocycles. The van der Waals surface area contributed by atoms with Crippen molar-refractivity contribution >= 4 is 17.6 Å². The summed E-state index contributed by atoms with van der Waals surface area (Å²) in [5.41, 5.74) is 5.76. The molecule has 9 heteroatoms. The molecule has 0 bridgehead atoms. The summed E-state index contributed by atoms with van der Waals surface area (Å²) in [6, 6.07) is 18.2. The molecule has 4 rings (SSSR count). The van der Waals surface area contributed by atoms with Gasteiger partial charge in [-0.2, -0.15) is 0 Å². The number of halogens is 1. The van der Waals surface area contributed by atoms with Crippen LogP contribution in [-0.4, -0.2) is 46.4 Å². The van der Waals surface area contributed by atoms with E-state index in [0.717, 1.165) is 36.1 Å². The maximum atomic E-state index is 13.4. The lowest BCUT2D eigenvalue weighted by Crippen LogP contribution is -2.48. The fourth-order valence-corrected chi connectivity index (χ4v) is 4.67. The van der Waals surface area contributed by atoms with Crippen molar-refractivity contribution in [1.29, 1.82) is 0 Å². The Balaban J connectivity index is 1.63. The number of carbonyl (C=O) groups is 2. The molecule has 1 fully saturated rings. The fraction of sp³-hybridized carbons (Fsp3) is 0.357. The van der Waals surface area contributed by atoms with Gasteiger partial charge in [-0.1, -0.05) is 42.5 Å². The molecule has 2 amide bonds. The second-order valence-corrected chi connectivity index (χ2v) is 9.38. The van der Waals surface area contributed by atoms with E-state index in [1.807, 2.05) is 53.5 Å².